The molecule has 4 fully saturated rings. The van der Waals surface area contributed by atoms with Crippen molar-refractivity contribution in [1.29, 1.82) is 0 Å². The summed E-state index contributed by atoms with van der Waals surface area (Å²) in [6.45, 7) is 5.88. The summed E-state index contributed by atoms with van der Waals surface area (Å²) in [4.78, 5) is 22.1. The van der Waals surface area contributed by atoms with Gasteiger partial charge in [-0.25, -0.2) is 0 Å². The van der Waals surface area contributed by atoms with Crippen LogP contribution >= 0.6 is 0 Å². The lowest BCUT2D eigenvalue weighted by Crippen LogP contribution is -2.52. The zero-order chi connectivity index (χ0) is 20.9. The number of carbonyl (C=O) groups is 1. The van der Waals surface area contributed by atoms with Crippen LogP contribution in [0.4, 0.5) is 5.69 Å². The molecule has 4 aliphatic rings. The Balaban J connectivity index is 1.59. The second-order valence-corrected chi connectivity index (χ2v) is 10.1. The number of nitro benzene ring substituents is 1. The fourth-order valence-electron chi connectivity index (χ4n) is 5.65. The van der Waals surface area contributed by atoms with E-state index in [1.54, 1.807) is 0 Å². The standard InChI is InChI=1S/C22H29NO6/c1-22(2,3)21(28-18-11-14(20(24)25)4-5-17(18)23(26)27)29-19-15-7-12-6-13(9-15)10-16(19)8-12/h4-5,11-13,15-16,19,21H,6-10H2,1-3H3,(H,24,25)/p-1. The predicted octanol–water partition coefficient (Wildman–Crippen LogP) is 3.55. The first-order valence-corrected chi connectivity index (χ1v) is 10.4. The Hall–Kier alpha value is -2.15. The van der Waals surface area contributed by atoms with E-state index in [1.807, 2.05) is 20.8 Å². The van der Waals surface area contributed by atoms with E-state index in [0.29, 0.717) is 11.8 Å². The SMILES string of the molecule is CC(C)(C)C(Oc1cc(C(=O)[O-])ccc1[N+](=O)[O-])OC1C2CC3CC(C2)CC1C3. The molecule has 29 heavy (non-hydrogen) atoms. The van der Waals surface area contributed by atoms with E-state index in [0.717, 1.165) is 30.0 Å². The highest BCUT2D eigenvalue weighted by Gasteiger charge is 2.50. The highest BCUT2D eigenvalue weighted by Crippen LogP contribution is 2.55. The van der Waals surface area contributed by atoms with Crippen LogP contribution in [-0.4, -0.2) is 23.3 Å². The largest absolute Gasteiger partial charge is 0.545 e. The molecule has 1 atom stereocenters. The van der Waals surface area contributed by atoms with Gasteiger partial charge < -0.3 is 19.4 Å². The van der Waals surface area contributed by atoms with E-state index < -0.39 is 22.6 Å². The molecule has 0 spiro atoms. The Kier molecular flexibility index (Phi) is 5.05. The van der Waals surface area contributed by atoms with E-state index in [2.05, 4.69) is 0 Å². The van der Waals surface area contributed by atoms with E-state index in [9.17, 15) is 20.0 Å². The molecule has 7 heteroatoms. The number of nitro groups is 1. The average Bonchev–Trinajstić information content (AvgIpc) is 2.61. The van der Waals surface area contributed by atoms with Crippen molar-refractivity contribution in [3.63, 3.8) is 0 Å². The van der Waals surface area contributed by atoms with Crippen molar-refractivity contribution in [2.45, 2.75) is 65.3 Å². The predicted molar refractivity (Wildman–Crippen MR) is 103 cm³/mol. The van der Waals surface area contributed by atoms with Gasteiger partial charge in [0.05, 0.1) is 17.0 Å². The summed E-state index contributed by atoms with van der Waals surface area (Å²) in [6, 6.07) is 3.46. The first-order chi connectivity index (χ1) is 13.6. The summed E-state index contributed by atoms with van der Waals surface area (Å²) in [7, 11) is 0. The number of aromatic carboxylic acids is 1. The molecule has 158 valence electrons. The highest BCUT2D eigenvalue weighted by atomic mass is 16.7. The molecule has 1 aromatic rings. The number of hydrogen-bond acceptors (Lipinski definition) is 6. The molecule has 0 radical (unpaired) electrons. The maximum atomic E-state index is 11.4. The van der Waals surface area contributed by atoms with Crippen LogP contribution in [0.1, 0.15) is 63.2 Å². The molecule has 0 amide bonds. The van der Waals surface area contributed by atoms with Crippen molar-refractivity contribution in [2.24, 2.45) is 29.1 Å². The smallest absolute Gasteiger partial charge is 0.311 e. The Morgan fingerprint density at radius 1 is 1.10 bits per heavy atom. The van der Waals surface area contributed by atoms with Crippen molar-refractivity contribution < 1.29 is 24.3 Å². The van der Waals surface area contributed by atoms with E-state index >= 15 is 0 Å². The van der Waals surface area contributed by atoms with Crippen LogP contribution in [0.5, 0.6) is 5.75 Å². The summed E-state index contributed by atoms with van der Waals surface area (Å²) in [5.41, 5.74) is -0.883. The normalized spacial score (nSPS) is 31.5. The zero-order valence-electron chi connectivity index (χ0n) is 17.1. The van der Waals surface area contributed by atoms with Crippen LogP contribution in [0.25, 0.3) is 0 Å². The Morgan fingerprint density at radius 3 is 2.17 bits per heavy atom. The molecule has 4 saturated carbocycles. The molecule has 1 unspecified atom stereocenters. The maximum absolute atomic E-state index is 11.4. The molecular weight excluding hydrogens is 374 g/mol. The number of rotatable bonds is 6. The van der Waals surface area contributed by atoms with Crippen molar-refractivity contribution in [3.05, 3.63) is 33.9 Å². The number of benzene rings is 1. The zero-order valence-corrected chi connectivity index (χ0v) is 17.1. The van der Waals surface area contributed by atoms with Crippen molar-refractivity contribution in [3.8, 4) is 5.75 Å². The van der Waals surface area contributed by atoms with Gasteiger partial charge in [-0.1, -0.05) is 20.8 Å². The summed E-state index contributed by atoms with van der Waals surface area (Å²) in [5, 5.41) is 22.7. The molecule has 0 saturated heterocycles. The molecule has 1 aromatic carbocycles. The quantitative estimate of drug-likeness (QED) is 0.410. The number of hydrogen-bond donors (Lipinski definition) is 0. The van der Waals surface area contributed by atoms with Gasteiger partial charge in [0.2, 0.25) is 12.0 Å². The highest BCUT2D eigenvalue weighted by molar-refractivity contribution is 5.87. The second kappa shape index (κ2) is 7.27. The van der Waals surface area contributed by atoms with Gasteiger partial charge in [-0.3, -0.25) is 10.1 Å². The molecule has 7 nitrogen and oxygen atoms in total. The van der Waals surface area contributed by atoms with Crippen LogP contribution < -0.4 is 9.84 Å². The summed E-state index contributed by atoms with van der Waals surface area (Å²) < 4.78 is 12.5. The third-order valence-electron chi connectivity index (χ3n) is 6.75. The first kappa shape index (κ1) is 20.1. The minimum absolute atomic E-state index is 0.0930. The molecular formula is C22H28NO6-. The van der Waals surface area contributed by atoms with E-state index in [1.165, 1.54) is 32.1 Å². The molecule has 0 aromatic heterocycles. The number of ether oxygens (including phenoxy) is 2. The summed E-state index contributed by atoms with van der Waals surface area (Å²) in [5.74, 6) is 1.16. The molecule has 4 bridgehead atoms. The van der Waals surface area contributed by atoms with Gasteiger partial charge in [0.1, 0.15) is 0 Å². The fraction of sp³-hybridized carbons (Fsp3) is 0.682. The third kappa shape index (κ3) is 3.97. The lowest BCUT2D eigenvalue weighted by molar-refractivity contribution is -0.386. The van der Waals surface area contributed by atoms with Crippen LogP contribution in [0.3, 0.4) is 0 Å². The van der Waals surface area contributed by atoms with Gasteiger partial charge in [-0.15, -0.1) is 0 Å². The third-order valence-corrected chi connectivity index (χ3v) is 6.75. The lowest BCUT2D eigenvalue weighted by atomic mass is 9.55. The van der Waals surface area contributed by atoms with Gasteiger partial charge >= 0.3 is 5.69 Å². The second-order valence-electron chi connectivity index (χ2n) is 10.1. The summed E-state index contributed by atoms with van der Waals surface area (Å²) >= 11 is 0. The van der Waals surface area contributed by atoms with Gasteiger partial charge in [0.25, 0.3) is 0 Å². The number of carboxylic acids is 1. The molecule has 0 N–H and O–H groups in total. The Bertz CT molecular complexity index is 786. The molecule has 0 heterocycles. The van der Waals surface area contributed by atoms with Gasteiger partial charge in [0.15, 0.2) is 0 Å². The minimum Gasteiger partial charge on any atom is -0.545 e. The van der Waals surface area contributed by atoms with Crippen LogP contribution in [0.2, 0.25) is 0 Å². The number of carbonyl (C=O) groups excluding carboxylic acids is 1. The van der Waals surface area contributed by atoms with Gasteiger partial charge in [0, 0.05) is 17.0 Å². The number of carboxylic acid groups (broad SMARTS) is 1. The van der Waals surface area contributed by atoms with Crippen LogP contribution in [0, 0.1) is 39.2 Å². The lowest BCUT2D eigenvalue weighted by Gasteiger charge is -2.55. The van der Waals surface area contributed by atoms with Crippen LogP contribution in [-0.2, 0) is 4.74 Å². The van der Waals surface area contributed by atoms with Gasteiger partial charge in [-0.05, 0) is 67.9 Å². The topological polar surface area (TPSA) is 102 Å². The number of nitrogens with zero attached hydrogens (tertiary/aromatic N) is 1. The monoisotopic (exact) mass is 402 g/mol. The van der Waals surface area contributed by atoms with E-state index in [-0.39, 0.29) is 23.1 Å². The Labute approximate surface area is 170 Å². The maximum Gasteiger partial charge on any atom is 0.311 e. The minimum atomic E-state index is -1.40. The molecule has 0 aliphatic heterocycles. The molecule has 5 rings (SSSR count). The Morgan fingerprint density at radius 2 is 1.69 bits per heavy atom. The average molecular weight is 402 g/mol. The first-order valence-electron chi connectivity index (χ1n) is 10.4. The molecule has 4 aliphatic carbocycles. The summed E-state index contributed by atoms with van der Waals surface area (Å²) in [6.07, 6.45) is 5.48. The van der Waals surface area contributed by atoms with Crippen molar-refractivity contribution in [1.82, 2.24) is 0 Å². The fourth-order valence-corrected chi connectivity index (χ4v) is 5.65. The van der Waals surface area contributed by atoms with Crippen molar-refractivity contribution >= 4 is 11.7 Å². The van der Waals surface area contributed by atoms with Crippen molar-refractivity contribution in [2.75, 3.05) is 0 Å². The van der Waals surface area contributed by atoms with E-state index in [4.69, 9.17) is 9.47 Å². The van der Waals surface area contributed by atoms with Crippen LogP contribution in [0.15, 0.2) is 18.2 Å². The van der Waals surface area contributed by atoms with Gasteiger partial charge in [-0.2, -0.15) is 0 Å².